The number of benzene rings is 1. The third kappa shape index (κ3) is 2.98. The highest BCUT2D eigenvalue weighted by atomic mass is 35.5. The molecule has 0 radical (unpaired) electrons. The van der Waals surface area contributed by atoms with E-state index in [1.807, 2.05) is 6.92 Å². The van der Waals surface area contributed by atoms with E-state index >= 15 is 0 Å². The summed E-state index contributed by atoms with van der Waals surface area (Å²) in [6.45, 7) is 2.53. The Bertz CT molecular complexity index is 600. The van der Waals surface area contributed by atoms with Gasteiger partial charge in [0.1, 0.15) is 11.6 Å². The van der Waals surface area contributed by atoms with Crippen LogP contribution in [0.15, 0.2) is 24.4 Å². The standard InChI is InChI=1S/C13H15ClF2N4/c1-2-20-13(10(14)7-18-20)12(19-17)5-8-3-4-9(15)6-11(8)16/h3-4,6-7,12,19H,2,5,17H2,1H3. The number of aryl methyl sites for hydroxylation is 1. The van der Waals surface area contributed by atoms with Crippen molar-refractivity contribution in [2.75, 3.05) is 0 Å². The zero-order valence-corrected chi connectivity index (χ0v) is 11.7. The Kier molecular flexibility index (Phi) is 4.69. The number of rotatable bonds is 5. The van der Waals surface area contributed by atoms with Crippen molar-refractivity contribution in [1.82, 2.24) is 15.2 Å². The summed E-state index contributed by atoms with van der Waals surface area (Å²) < 4.78 is 28.3. The topological polar surface area (TPSA) is 55.9 Å². The zero-order chi connectivity index (χ0) is 14.7. The second kappa shape index (κ2) is 6.30. The second-order valence-electron chi connectivity index (χ2n) is 4.35. The van der Waals surface area contributed by atoms with Crippen molar-refractivity contribution in [2.45, 2.75) is 25.9 Å². The van der Waals surface area contributed by atoms with Crippen molar-refractivity contribution in [2.24, 2.45) is 5.84 Å². The Hall–Kier alpha value is -1.50. The summed E-state index contributed by atoms with van der Waals surface area (Å²) in [6.07, 6.45) is 1.76. The lowest BCUT2D eigenvalue weighted by Gasteiger charge is -2.18. The van der Waals surface area contributed by atoms with Crippen molar-refractivity contribution in [3.05, 3.63) is 52.3 Å². The number of hydrogen-bond acceptors (Lipinski definition) is 3. The third-order valence-electron chi connectivity index (χ3n) is 3.10. The molecule has 1 atom stereocenters. The maximum absolute atomic E-state index is 13.7. The van der Waals surface area contributed by atoms with Crippen molar-refractivity contribution in [1.29, 1.82) is 0 Å². The van der Waals surface area contributed by atoms with Gasteiger partial charge in [-0.25, -0.2) is 8.78 Å². The molecule has 0 saturated carbocycles. The van der Waals surface area contributed by atoms with Crippen LogP contribution in [-0.4, -0.2) is 9.78 Å². The van der Waals surface area contributed by atoms with Crippen LogP contribution in [0.3, 0.4) is 0 Å². The first-order chi connectivity index (χ1) is 9.56. The first kappa shape index (κ1) is 14.9. The van der Waals surface area contributed by atoms with E-state index in [1.165, 1.54) is 18.3 Å². The number of aromatic nitrogens is 2. The molecule has 0 saturated heterocycles. The number of nitrogens with zero attached hydrogens (tertiary/aromatic N) is 2. The molecular weight excluding hydrogens is 286 g/mol. The van der Waals surface area contributed by atoms with E-state index in [2.05, 4.69) is 10.5 Å². The van der Waals surface area contributed by atoms with E-state index in [0.29, 0.717) is 22.8 Å². The molecule has 1 unspecified atom stereocenters. The molecule has 1 heterocycles. The predicted octanol–water partition coefficient (Wildman–Crippen LogP) is 2.58. The molecule has 7 heteroatoms. The Balaban J connectivity index is 2.31. The van der Waals surface area contributed by atoms with Gasteiger partial charge in [0.25, 0.3) is 0 Å². The van der Waals surface area contributed by atoms with Crippen LogP contribution in [0, 0.1) is 11.6 Å². The van der Waals surface area contributed by atoms with Crippen LogP contribution in [0.1, 0.15) is 24.2 Å². The van der Waals surface area contributed by atoms with Gasteiger partial charge in [-0.1, -0.05) is 17.7 Å². The number of hydrogen-bond donors (Lipinski definition) is 2. The van der Waals surface area contributed by atoms with E-state index in [4.69, 9.17) is 17.4 Å². The van der Waals surface area contributed by atoms with Gasteiger partial charge in [0, 0.05) is 12.6 Å². The molecule has 108 valence electrons. The highest BCUT2D eigenvalue weighted by Crippen LogP contribution is 2.26. The minimum atomic E-state index is -0.611. The second-order valence-corrected chi connectivity index (χ2v) is 4.76. The largest absolute Gasteiger partial charge is 0.271 e. The first-order valence-electron chi connectivity index (χ1n) is 6.18. The minimum absolute atomic E-state index is 0.244. The number of nitrogens with two attached hydrogens (primary N) is 1. The van der Waals surface area contributed by atoms with Crippen LogP contribution in [-0.2, 0) is 13.0 Å². The fourth-order valence-corrected chi connectivity index (χ4v) is 2.38. The van der Waals surface area contributed by atoms with Gasteiger partial charge in [-0.15, -0.1) is 0 Å². The maximum Gasteiger partial charge on any atom is 0.129 e. The Labute approximate surface area is 120 Å². The smallest absolute Gasteiger partial charge is 0.129 e. The number of nitrogens with one attached hydrogen (secondary N) is 1. The summed E-state index contributed by atoms with van der Waals surface area (Å²) in [5, 5.41) is 4.57. The summed E-state index contributed by atoms with van der Waals surface area (Å²) in [6, 6.07) is 3.05. The van der Waals surface area contributed by atoms with Gasteiger partial charge < -0.3 is 0 Å². The Morgan fingerprint density at radius 1 is 1.45 bits per heavy atom. The molecule has 0 fully saturated rings. The Morgan fingerprint density at radius 2 is 2.20 bits per heavy atom. The van der Waals surface area contributed by atoms with E-state index in [0.717, 1.165) is 6.07 Å². The zero-order valence-electron chi connectivity index (χ0n) is 10.9. The molecule has 0 aliphatic carbocycles. The van der Waals surface area contributed by atoms with Crippen LogP contribution in [0.5, 0.6) is 0 Å². The molecular formula is C13H15ClF2N4. The number of halogens is 3. The van der Waals surface area contributed by atoms with Gasteiger partial charge >= 0.3 is 0 Å². The summed E-state index contributed by atoms with van der Waals surface area (Å²) in [4.78, 5) is 0. The monoisotopic (exact) mass is 300 g/mol. The fourth-order valence-electron chi connectivity index (χ4n) is 2.11. The van der Waals surface area contributed by atoms with Crippen LogP contribution < -0.4 is 11.3 Å². The molecule has 4 nitrogen and oxygen atoms in total. The minimum Gasteiger partial charge on any atom is -0.271 e. The van der Waals surface area contributed by atoms with E-state index < -0.39 is 17.7 Å². The summed E-state index contributed by atoms with van der Waals surface area (Å²) in [7, 11) is 0. The van der Waals surface area contributed by atoms with Crippen molar-refractivity contribution in [3.63, 3.8) is 0 Å². The molecule has 1 aromatic heterocycles. The first-order valence-corrected chi connectivity index (χ1v) is 6.55. The maximum atomic E-state index is 13.7. The third-order valence-corrected chi connectivity index (χ3v) is 3.39. The molecule has 20 heavy (non-hydrogen) atoms. The molecule has 3 N–H and O–H groups in total. The van der Waals surface area contributed by atoms with Gasteiger partial charge in [-0.3, -0.25) is 16.0 Å². The normalized spacial score (nSPS) is 12.7. The molecule has 0 bridgehead atoms. The van der Waals surface area contributed by atoms with Crippen molar-refractivity contribution in [3.8, 4) is 0 Å². The molecule has 0 aliphatic heterocycles. The van der Waals surface area contributed by atoms with Gasteiger partial charge in [0.2, 0.25) is 0 Å². The fraction of sp³-hybridized carbons (Fsp3) is 0.308. The molecule has 0 aliphatic rings. The lowest BCUT2D eigenvalue weighted by atomic mass is 10.0. The van der Waals surface area contributed by atoms with Crippen molar-refractivity contribution < 1.29 is 8.78 Å². The summed E-state index contributed by atoms with van der Waals surface area (Å²) in [5.41, 5.74) is 3.64. The van der Waals surface area contributed by atoms with Crippen LogP contribution in [0.4, 0.5) is 8.78 Å². The quantitative estimate of drug-likeness (QED) is 0.659. The average molecular weight is 301 g/mol. The van der Waals surface area contributed by atoms with Gasteiger partial charge in [0.05, 0.1) is 23.0 Å². The highest BCUT2D eigenvalue weighted by molar-refractivity contribution is 6.31. The molecule has 2 aromatic rings. The lowest BCUT2D eigenvalue weighted by molar-refractivity contribution is 0.479. The van der Waals surface area contributed by atoms with Crippen LogP contribution in [0.25, 0.3) is 0 Å². The summed E-state index contributed by atoms with van der Waals surface area (Å²) in [5.74, 6) is 4.32. The van der Waals surface area contributed by atoms with Crippen LogP contribution >= 0.6 is 11.6 Å². The molecule has 2 rings (SSSR count). The van der Waals surface area contributed by atoms with Crippen molar-refractivity contribution >= 4 is 11.6 Å². The molecule has 0 amide bonds. The highest BCUT2D eigenvalue weighted by Gasteiger charge is 2.20. The van der Waals surface area contributed by atoms with Gasteiger partial charge in [0.15, 0.2) is 0 Å². The Morgan fingerprint density at radius 3 is 2.80 bits per heavy atom. The summed E-state index contributed by atoms with van der Waals surface area (Å²) >= 11 is 6.10. The molecule has 0 spiro atoms. The lowest BCUT2D eigenvalue weighted by Crippen LogP contribution is -2.31. The average Bonchev–Trinajstić information content (AvgIpc) is 2.79. The van der Waals surface area contributed by atoms with Crippen LogP contribution in [0.2, 0.25) is 5.02 Å². The molecule has 1 aromatic carbocycles. The van der Waals surface area contributed by atoms with E-state index in [9.17, 15) is 8.78 Å². The van der Waals surface area contributed by atoms with Gasteiger partial charge in [-0.05, 0) is 25.0 Å². The number of hydrazine groups is 1. The van der Waals surface area contributed by atoms with Gasteiger partial charge in [-0.2, -0.15) is 5.10 Å². The van der Waals surface area contributed by atoms with E-state index in [1.54, 1.807) is 4.68 Å². The SMILES string of the molecule is CCn1ncc(Cl)c1C(Cc1ccc(F)cc1F)NN. The predicted molar refractivity (Wildman–Crippen MR) is 73.0 cm³/mol. The van der Waals surface area contributed by atoms with E-state index in [-0.39, 0.29) is 6.42 Å².